The maximum absolute atomic E-state index is 6.11. The average molecular weight is 763 g/mol. The molecule has 6 aromatic heterocycles. The van der Waals surface area contributed by atoms with Gasteiger partial charge in [0, 0.05) is 72.0 Å². The third-order valence-electron chi connectivity index (χ3n) is 11.1. The van der Waals surface area contributed by atoms with Crippen molar-refractivity contribution in [2.24, 2.45) is 0 Å². The van der Waals surface area contributed by atoms with Gasteiger partial charge in [0.1, 0.15) is 16.0 Å². The van der Waals surface area contributed by atoms with Gasteiger partial charge in [0.15, 0.2) is 0 Å². The zero-order valence-electron chi connectivity index (χ0n) is 30.8. The molecule has 0 amide bonds. The number of aromatic nitrogens is 3. The van der Waals surface area contributed by atoms with Crippen LogP contribution in [0.2, 0.25) is 0 Å². The van der Waals surface area contributed by atoms with Crippen molar-refractivity contribution in [1.29, 1.82) is 0 Å². The summed E-state index contributed by atoms with van der Waals surface area (Å²) >= 11 is 1.74. The number of hydrogen-bond donors (Lipinski definition) is 0. The fraction of sp³-hybridized carbons (Fsp3) is 0. The predicted molar refractivity (Wildman–Crippen MR) is 238 cm³/mol. The minimum absolute atomic E-state index is 0.654. The molecule has 0 fully saturated rings. The molecule has 0 spiro atoms. The van der Waals surface area contributed by atoms with Gasteiger partial charge < -0.3 is 13.7 Å². The molecular weight excluding hydrogens is 733 g/mol. The highest BCUT2D eigenvalue weighted by Gasteiger charge is 2.16. The van der Waals surface area contributed by atoms with E-state index in [1.165, 1.54) is 15.5 Å². The van der Waals surface area contributed by atoms with Crippen LogP contribution < -0.4 is 4.90 Å². The highest BCUT2D eigenvalue weighted by atomic mass is 32.1. The maximum atomic E-state index is 6.11. The molecule has 0 aliphatic rings. The largest absolute Gasteiger partial charge is 0.438 e. The lowest BCUT2D eigenvalue weighted by molar-refractivity contribution is 0.654. The molecule has 12 aromatic rings. The van der Waals surface area contributed by atoms with E-state index in [-0.39, 0.29) is 0 Å². The minimum atomic E-state index is 0.654. The Morgan fingerprint density at radius 1 is 0.397 bits per heavy atom. The monoisotopic (exact) mass is 762 g/mol. The van der Waals surface area contributed by atoms with E-state index in [0.29, 0.717) is 11.4 Å². The van der Waals surface area contributed by atoms with Crippen molar-refractivity contribution in [1.82, 2.24) is 15.0 Å². The van der Waals surface area contributed by atoms with Crippen LogP contribution in [0.15, 0.2) is 191 Å². The van der Waals surface area contributed by atoms with Crippen molar-refractivity contribution in [3.05, 3.63) is 182 Å². The van der Waals surface area contributed by atoms with Gasteiger partial charge in [-0.3, -0.25) is 0 Å². The van der Waals surface area contributed by atoms with E-state index in [9.17, 15) is 0 Å². The van der Waals surface area contributed by atoms with Crippen molar-refractivity contribution < 1.29 is 8.83 Å². The summed E-state index contributed by atoms with van der Waals surface area (Å²) in [5, 5.41) is 6.63. The Morgan fingerprint density at radius 3 is 1.45 bits per heavy atom. The molecule has 0 saturated carbocycles. The second-order valence-electron chi connectivity index (χ2n) is 14.5. The lowest BCUT2D eigenvalue weighted by Crippen LogP contribution is -2.09. The average Bonchev–Trinajstić information content (AvgIpc) is 3.97. The third-order valence-corrected chi connectivity index (χ3v) is 12.2. The van der Waals surface area contributed by atoms with Crippen LogP contribution in [0.4, 0.5) is 17.1 Å². The molecule has 0 N–H and O–H groups in total. The first kappa shape index (κ1) is 32.6. The maximum Gasteiger partial charge on any atom is 0.227 e. The summed E-state index contributed by atoms with van der Waals surface area (Å²) in [6.07, 6.45) is 3.52. The lowest BCUT2D eigenvalue weighted by atomic mass is 10.0. The van der Waals surface area contributed by atoms with E-state index < -0.39 is 0 Å². The Balaban J connectivity index is 0.911. The first-order valence-corrected chi connectivity index (χ1v) is 20.0. The highest BCUT2D eigenvalue weighted by molar-refractivity contribution is 7.25. The fourth-order valence-electron chi connectivity index (χ4n) is 8.18. The first-order valence-electron chi connectivity index (χ1n) is 19.1. The molecule has 0 aliphatic heterocycles. The number of rotatable bonds is 6. The van der Waals surface area contributed by atoms with Gasteiger partial charge in [-0.15, -0.1) is 11.3 Å². The van der Waals surface area contributed by atoms with E-state index in [4.69, 9.17) is 13.8 Å². The summed E-state index contributed by atoms with van der Waals surface area (Å²) in [7, 11) is 0. The Bertz CT molecular complexity index is 3140. The molecule has 0 aliphatic carbocycles. The summed E-state index contributed by atoms with van der Waals surface area (Å²) in [5.74, 6) is 0. The molecule has 12 rings (SSSR count). The minimum Gasteiger partial charge on any atom is -0.438 e. The van der Waals surface area contributed by atoms with Crippen molar-refractivity contribution in [3.8, 4) is 33.5 Å². The zero-order valence-corrected chi connectivity index (χ0v) is 31.7. The Morgan fingerprint density at radius 2 is 0.879 bits per heavy atom. The van der Waals surface area contributed by atoms with Gasteiger partial charge in [-0.25, -0.2) is 15.0 Å². The van der Waals surface area contributed by atoms with Crippen molar-refractivity contribution >= 4 is 92.8 Å². The van der Waals surface area contributed by atoms with Gasteiger partial charge in [0.25, 0.3) is 0 Å². The SMILES string of the molecule is c1ccc2c(c1)sc1nc(-c3ccc(N(c4ccc(-c5ccc6c(c5)oc5ncccc56)cc4)c4ccc(-c5ccc6c(c5)oc5ncccc56)cc4)cc3)ccc12. The lowest BCUT2D eigenvalue weighted by Gasteiger charge is -2.26. The van der Waals surface area contributed by atoms with Crippen LogP contribution in [0.5, 0.6) is 0 Å². The van der Waals surface area contributed by atoms with Crippen molar-refractivity contribution in [2.45, 2.75) is 0 Å². The van der Waals surface area contributed by atoms with E-state index in [1.54, 1.807) is 23.7 Å². The Hall–Kier alpha value is -7.61. The van der Waals surface area contributed by atoms with Crippen LogP contribution in [0.25, 0.3) is 98.0 Å². The number of pyridine rings is 3. The first-order chi connectivity index (χ1) is 28.7. The molecule has 0 atom stereocenters. The van der Waals surface area contributed by atoms with E-state index in [1.807, 2.05) is 24.3 Å². The second-order valence-corrected chi connectivity index (χ2v) is 15.5. The summed E-state index contributed by atoms with van der Waals surface area (Å²) in [6.45, 7) is 0. The molecule has 6 heterocycles. The standard InChI is InChI=1S/C51H30N4O2S/c1-2-8-48-41(5-1)44-25-26-45(54-51(44)58-48)33-13-21-38(22-14-33)55(36-17-9-31(10-18-36)34-15-23-39-42-6-3-27-52-49(42)56-46(39)29-34)37-19-11-32(12-20-37)35-16-24-40-43-7-4-28-53-50(43)57-47(40)30-35/h1-30H. The normalized spacial score (nSPS) is 11.8. The molecule has 272 valence electrons. The van der Waals surface area contributed by atoms with Crippen molar-refractivity contribution in [2.75, 3.05) is 4.90 Å². The van der Waals surface area contributed by atoms with Crippen LogP contribution in [-0.4, -0.2) is 15.0 Å². The highest BCUT2D eigenvalue weighted by Crippen LogP contribution is 2.40. The summed E-state index contributed by atoms with van der Waals surface area (Å²) in [4.78, 5) is 17.3. The third kappa shape index (κ3) is 5.36. The molecule has 0 radical (unpaired) electrons. The number of furan rings is 2. The van der Waals surface area contributed by atoms with Crippen LogP contribution >= 0.6 is 11.3 Å². The molecule has 0 saturated heterocycles. The van der Waals surface area contributed by atoms with Crippen LogP contribution in [0.3, 0.4) is 0 Å². The molecule has 6 aromatic carbocycles. The summed E-state index contributed by atoms with van der Waals surface area (Å²) < 4.78 is 13.5. The summed E-state index contributed by atoms with van der Waals surface area (Å²) in [6, 6.07) is 59.7. The number of anilines is 3. The topological polar surface area (TPSA) is 68.2 Å². The molecule has 58 heavy (non-hydrogen) atoms. The van der Waals surface area contributed by atoms with Gasteiger partial charge in [-0.1, -0.05) is 66.7 Å². The van der Waals surface area contributed by atoms with E-state index >= 15 is 0 Å². The molecular formula is C51H30N4O2S. The van der Waals surface area contributed by atoms with Gasteiger partial charge in [0.2, 0.25) is 11.4 Å². The predicted octanol–water partition coefficient (Wildman–Crippen LogP) is 14.5. The Kier molecular flexibility index (Phi) is 7.30. The number of benzene rings is 6. The zero-order chi connectivity index (χ0) is 38.2. The number of fused-ring (bicyclic) bond motifs is 9. The molecule has 0 bridgehead atoms. The second kappa shape index (κ2) is 13.0. The van der Waals surface area contributed by atoms with E-state index in [2.05, 4.69) is 160 Å². The smallest absolute Gasteiger partial charge is 0.227 e. The number of hydrogen-bond acceptors (Lipinski definition) is 7. The number of nitrogens with zero attached hydrogens (tertiary/aromatic N) is 4. The molecule has 6 nitrogen and oxygen atoms in total. The van der Waals surface area contributed by atoms with Crippen LogP contribution in [0.1, 0.15) is 0 Å². The quantitative estimate of drug-likeness (QED) is 0.168. The van der Waals surface area contributed by atoms with Gasteiger partial charge in [-0.2, -0.15) is 0 Å². The van der Waals surface area contributed by atoms with Crippen LogP contribution in [-0.2, 0) is 0 Å². The van der Waals surface area contributed by atoms with E-state index in [0.717, 1.165) is 88.1 Å². The summed E-state index contributed by atoms with van der Waals surface area (Å²) in [5.41, 5.74) is 12.5. The Labute approximate surface area is 335 Å². The molecule has 0 unspecified atom stereocenters. The van der Waals surface area contributed by atoms with Crippen LogP contribution in [0, 0.1) is 0 Å². The number of thiophene rings is 1. The molecule has 7 heteroatoms. The van der Waals surface area contributed by atoms with Gasteiger partial charge in [0.05, 0.1) is 5.69 Å². The van der Waals surface area contributed by atoms with Gasteiger partial charge in [-0.05, 0) is 125 Å². The van der Waals surface area contributed by atoms with Crippen molar-refractivity contribution in [3.63, 3.8) is 0 Å². The fourth-order valence-corrected chi connectivity index (χ4v) is 9.26. The van der Waals surface area contributed by atoms with Gasteiger partial charge >= 0.3 is 0 Å².